The number of halogens is 3. The summed E-state index contributed by atoms with van der Waals surface area (Å²) >= 11 is 0. The third kappa shape index (κ3) is 6.84. The summed E-state index contributed by atoms with van der Waals surface area (Å²) in [5.41, 5.74) is 0.308. The lowest BCUT2D eigenvalue weighted by molar-refractivity contribution is -0.137. The number of nitrogens with zero attached hydrogens (tertiary/aromatic N) is 1. The molecule has 9 heteroatoms. The standard InChI is InChI=1S/C21H26F3N3O3/c1-4-25-20(26-12-14-6-5-7-16(8-14)21(22,23)24)27-13-19(28)15-9-17(29-2)11-18(10-15)30-3/h5-11,19,28H,4,12-13H2,1-3H3,(H2,25,26,27). The first kappa shape index (κ1) is 23.3. The van der Waals surface area contributed by atoms with Gasteiger partial charge in [-0.05, 0) is 42.3 Å². The van der Waals surface area contributed by atoms with Crippen molar-refractivity contribution < 1.29 is 27.8 Å². The minimum atomic E-state index is -4.40. The van der Waals surface area contributed by atoms with Crippen LogP contribution in [0.2, 0.25) is 0 Å². The Hall–Kier alpha value is -2.94. The van der Waals surface area contributed by atoms with E-state index in [0.29, 0.717) is 35.1 Å². The lowest BCUT2D eigenvalue weighted by atomic mass is 10.1. The molecule has 0 spiro atoms. The van der Waals surface area contributed by atoms with Crippen LogP contribution in [0.1, 0.15) is 29.7 Å². The molecule has 0 saturated carbocycles. The summed E-state index contributed by atoms with van der Waals surface area (Å²) in [4.78, 5) is 4.31. The fourth-order valence-electron chi connectivity index (χ4n) is 2.69. The van der Waals surface area contributed by atoms with Crippen LogP contribution in [0, 0.1) is 0 Å². The van der Waals surface area contributed by atoms with E-state index in [1.807, 2.05) is 6.92 Å². The van der Waals surface area contributed by atoms with Gasteiger partial charge in [0.05, 0.1) is 32.4 Å². The Morgan fingerprint density at radius 1 is 1.07 bits per heavy atom. The molecule has 2 aromatic carbocycles. The van der Waals surface area contributed by atoms with Gasteiger partial charge in [0, 0.05) is 19.2 Å². The van der Waals surface area contributed by atoms with Gasteiger partial charge in [-0.2, -0.15) is 13.2 Å². The first-order valence-electron chi connectivity index (χ1n) is 9.36. The first-order valence-corrected chi connectivity index (χ1v) is 9.36. The first-order chi connectivity index (χ1) is 14.3. The number of guanidine groups is 1. The molecule has 0 radical (unpaired) electrons. The zero-order chi connectivity index (χ0) is 22.1. The van der Waals surface area contributed by atoms with Crippen LogP contribution >= 0.6 is 0 Å². The molecule has 0 saturated heterocycles. The van der Waals surface area contributed by atoms with E-state index in [4.69, 9.17) is 9.47 Å². The Labute approximate surface area is 173 Å². The molecule has 0 heterocycles. The van der Waals surface area contributed by atoms with Crippen molar-refractivity contribution >= 4 is 5.96 Å². The summed E-state index contributed by atoms with van der Waals surface area (Å²) in [6.45, 7) is 2.61. The molecule has 0 bridgehead atoms. The Balaban J connectivity index is 2.07. The zero-order valence-corrected chi connectivity index (χ0v) is 17.1. The third-order valence-corrected chi connectivity index (χ3v) is 4.24. The molecule has 0 aromatic heterocycles. The maximum atomic E-state index is 12.9. The van der Waals surface area contributed by atoms with Crippen molar-refractivity contribution in [1.29, 1.82) is 0 Å². The molecule has 3 N–H and O–H groups in total. The number of hydrogen-bond donors (Lipinski definition) is 3. The van der Waals surface area contributed by atoms with Crippen LogP contribution in [0.4, 0.5) is 13.2 Å². The number of benzene rings is 2. The maximum Gasteiger partial charge on any atom is 0.416 e. The molecule has 1 atom stereocenters. The van der Waals surface area contributed by atoms with E-state index in [1.165, 1.54) is 20.3 Å². The van der Waals surface area contributed by atoms with Crippen molar-refractivity contribution in [3.63, 3.8) is 0 Å². The number of nitrogens with one attached hydrogen (secondary N) is 2. The van der Waals surface area contributed by atoms with E-state index in [0.717, 1.165) is 12.1 Å². The van der Waals surface area contributed by atoms with Crippen molar-refractivity contribution in [2.45, 2.75) is 25.7 Å². The van der Waals surface area contributed by atoms with Crippen LogP contribution in [0.15, 0.2) is 47.5 Å². The fraction of sp³-hybridized carbons (Fsp3) is 0.381. The van der Waals surface area contributed by atoms with E-state index >= 15 is 0 Å². The van der Waals surface area contributed by atoms with Crippen LogP contribution in [-0.4, -0.2) is 38.4 Å². The lowest BCUT2D eigenvalue weighted by Crippen LogP contribution is -2.39. The number of aliphatic imine (C=N–C) groups is 1. The van der Waals surface area contributed by atoms with Crippen LogP contribution in [0.3, 0.4) is 0 Å². The van der Waals surface area contributed by atoms with E-state index < -0.39 is 17.8 Å². The van der Waals surface area contributed by atoms with Gasteiger partial charge >= 0.3 is 6.18 Å². The third-order valence-electron chi connectivity index (χ3n) is 4.24. The smallest absolute Gasteiger partial charge is 0.416 e. The van der Waals surface area contributed by atoms with Crippen LogP contribution < -0.4 is 20.1 Å². The van der Waals surface area contributed by atoms with Crippen molar-refractivity contribution in [2.24, 2.45) is 4.99 Å². The number of alkyl halides is 3. The summed E-state index contributed by atoms with van der Waals surface area (Å²) in [6, 6.07) is 10.1. The second kappa shape index (κ2) is 10.7. The topological polar surface area (TPSA) is 75.1 Å². The van der Waals surface area contributed by atoms with E-state index in [2.05, 4.69) is 15.6 Å². The van der Waals surface area contributed by atoms with Crippen LogP contribution in [0.25, 0.3) is 0 Å². The highest BCUT2D eigenvalue weighted by Gasteiger charge is 2.30. The Kier molecular flexibility index (Phi) is 8.35. The average Bonchev–Trinajstić information content (AvgIpc) is 2.74. The molecule has 0 aliphatic carbocycles. The summed E-state index contributed by atoms with van der Waals surface area (Å²) in [7, 11) is 3.04. The SMILES string of the molecule is CCNC(=NCc1cccc(C(F)(F)F)c1)NCC(O)c1cc(OC)cc(OC)c1. The summed E-state index contributed by atoms with van der Waals surface area (Å²) in [6.07, 6.45) is -5.28. The molecule has 2 aromatic rings. The zero-order valence-electron chi connectivity index (χ0n) is 17.1. The number of aliphatic hydroxyl groups excluding tert-OH is 1. The molecule has 164 valence electrons. The van der Waals surface area contributed by atoms with E-state index in [9.17, 15) is 18.3 Å². The molecule has 0 amide bonds. The van der Waals surface area contributed by atoms with Gasteiger partial charge in [0.1, 0.15) is 11.5 Å². The summed E-state index contributed by atoms with van der Waals surface area (Å²) < 4.78 is 49.0. The quantitative estimate of drug-likeness (QED) is 0.446. The Bertz CT molecular complexity index is 835. The molecule has 6 nitrogen and oxygen atoms in total. The Morgan fingerprint density at radius 2 is 1.73 bits per heavy atom. The Morgan fingerprint density at radius 3 is 2.30 bits per heavy atom. The van der Waals surface area contributed by atoms with Gasteiger partial charge in [0.25, 0.3) is 0 Å². The van der Waals surface area contributed by atoms with Gasteiger partial charge < -0.3 is 25.2 Å². The average molecular weight is 425 g/mol. The molecule has 2 rings (SSSR count). The lowest BCUT2D eigenvalue weighted by Gasteiger charge is -2.17. The van der Waals surface area contributed by atoms with Gasteiger partial charge in [-0.15, -0.1) is 0 Å². The van der Waals surface area contributed by atoms with E-state index in [-0.39, 0.29) is 13.1 Å². The van der Waals surface area contributed by atoms with Gasteiger partial charge in [0.15, 0.2) is 5.96 Å². The largest absolute Gasteiger partial charge is 0.497 e. The minimum Gasteiger partial charge on any atom is -0.497 e. The molecule has 0 aliphatic heterocycles. The number of methoxy groups -OCH3 is 2. The number of ether oxygens (including phenoxy) is 2. The monoisotopic (exact) mass is 425 g/mol. The normalized spacial score (nSPS) is 13.0. The van der Waals surface area contributed by atoms with Crippen molar-refractivity contribution in [3.8, 4) is 11.5 Å². The highest BCUT2D eigenvalue weighted by Crippen LogP contribution is 2.29. The van der Waals surface area contributed by atoms with Gasteiger partial charge in [-0.1, -0.05) is 12.1 Å². The highest BCUT2D eigenvalue weighted by atomic mass is 19.4. The number of aliphatic hydroxyl groups is 1. The molecular formula is C21H26F3N3O3. The number of rotatable bonds is 8. The predicted octanol–water partition coefficient (Wildman–Crippen LogP) is 3.51. The van der Waals surface area contributed by atoms with Gasteiger partial charge in [-0.3, -0.25) is 0 Å². The van der Waals surface area contributed by atoms with E-state index in [1.54, 1.807) is 24.3 Å². The maximum absolute atomic E-state index is 12.9. The van der Waals surface area contributed by atoms with Crippen molar-refractivity contribution in [3.05, 3.63) is 59.2 Å². The molecule has 0 fully saturated rings. The molecule has 1 unspecified atom stereocenters. The minimum absolute atomic E-state index is 0.0579. The molecule has 30 heavy (non-hydrogen) atoms. The second-order valence-electron chi connectivity index (χ2n) is 6.44. The predicted molar refractivity (Wildman–Crippen MR) is 109 cm³/mol. The van der Waals surface area contributed by atoms with Gasteiger partial charge in [-0.25, -0.2) is 4.99 Å². The molecular weight excluding hydrogens is 399 g/mol. The summed E-state index contributed by atoms with van der Waals surface area (Å²) in [5.74, 6) is 1.48. The highest BCUT2D eigenvalue weighted by molar-refractivity contribution is 5.79. The summed E-state index contributed by atoms with van der Waals surface area (Å²) in [5, 5.41) is 16.5. The second-order valence-corrected chi connectivity index (χ2v) is 6.44. The van der Waals surface area contributed by atoms with Crippen LogP contribution in [-0.2, 0) is 12.7 Å². The number of hydrogen-bond acceptors (Lipinski definition) is 4. The molecule has 0 aliphatic rings. The fourth-order valence-corrected chi connectivity index (χ4v) is 2.69. The van der Waals surface area contributed by atoms with Crippen molar-refractivity contribution in [1.82, 2.24) is 10.6 Å². The van der Waals surface area contributed by atoms with Gasteiger partial charge in [0.2, 0.25) is 0 Å². The van der Waals surface area contributed by atoms with Crippen LogP contribution in [0.5, 0.6) is 11.5 Å². The van der Waals surface area contributed by atoms with Crippen molar-refractivity contribution in [2.75, 3.05) is 27.3 Å².